The number of rotatable bonds is 4. The second-order valence-corrected chi connectivity index (χ2v) is 3.02. The van der Waals surface area contributed by atoms with Gasteiger partial charge in [0.05, 0.1) is 0 Å². The quantitative estimate of drug-likeness (QED) is 0.586. The predicted octanol–water partition coefficient (Wildman–Crippen LogP) is 2.09. The van der Waals surface area contributed by atoms with Gasteiger partial charge in [0.1, 0.15) is 18.3 Å². The lowest BCUT2D eigenvalue weighted by atomic mass is 10.1. The van der Waals surface area contributed by atoms with Crippen molar-refractivity contribution < 1.29 is 14.0 Å². The number of hydrogen-bond donors (Lipinski definition) is 0. The Balaban J connectivity index is 2.84. The van der Waals surface area contributed by atoms with Crippen LogP contribution in [-0.2, 0) is 9.08 Å². The fraction of sp³-hybridized carbons (Fsp3) is 0.222. The lowest BCUT2D eigenvalue weighted by Gasteiger charge is -2.06. The van der Waals surface area contributed by atoms with E-state index in [0.717, 1.165) is 0 Å². The summed E-state index contributed by atoms with van der Waals surface area (Å²) in [4.78, 5) is 21.0. The molecule has 0 saturated carbocycles. The molecule has 0 aliphatic heterocycles. The first-order chi connectivity index (χ1) is 7.15. The van der Waals surface area contributed by atoms with E-state index in [2.05, 4.69) is 4.29 Å². The Morgan fingerprint density at radius 1 is 1.47 bits per heavy atom. The van der Waals surface area contributed by atoms with Gasteiger partial charge in [0.25, 0.3) is 0 Å². The summed E-state index contributed by atoms with van der Waals surface area (Å²) in [6, 6.07) is 7.11. The minimum Gasteiger partial charge on any atom is -0.347 e. The summed E-state index contributed by atoms with van der Waals surface area (Å²) < 4.78 is 3.88. The van der Waals surface area contributed by atoms with Crippen molar-refractivity contribution in [3.63, 3.8) is 0 Å². The molecule has 5 nitrogen and oxygen atoms in total. The van der Waals surface area contributed by atoms with Crippen LogP contribution in [0.15, 0.2) is 30.3 Å². The molecule has 0 bridgehead atoms. The molecule has 0 N–H and O–H groups in total. The maximum absolute atomic E-state index is 10.8. The van der Waals surface area contributed by atoms with Gasteiger partial charge in [-0.3, -0.25) is 14.9 Å². The second kappa shape index (κ2) is 5.31. The molecule has 1 aromatic rings. The highest BCUT2D eigenvalue weighted by Gasteiger charge is 2.26. The first-order valence-electron chi connectivity index (χ1n) is 4.15. The maximum atomic E-state index is 10.8. The van der Waals surface area contributed by atoms with Crippen LogP contribution in [0, 0.1) is 10.1 Å². The van der Waals surface area contributed by atoms with Crippen LogP contribution >= 0.6 is 11.9 Å². The molecule has 1 rings (SSSR count). The average molecular weight is 230 g/mol. The van der Waals surface area contributed by atoms with E-state index in [1.54, 1.807) is 30.3 Å². The first kappa shape index (κ1) is 11.5. The molecule has 1 aromatic carbocycles. The third-order valence-corrected chi connectivity index (χ3v) is 2.06. The van der Waals surface area contributed by atoms with Crippen molar-refractivity contribution in [3.05, 3.63) is 46.0 Å². The van der Waals surface area contributed by atoms with E-state index >= 15 is 0 Å². The van der Waals surface area contributed by atoms with Crippen molar-refractivity contribution in [1.82, 2.24) is 0 Å². The summed E-state index contributed by atoms with van der Waals surface area (Å²) in [5, 5.41) is 10.7. The Kier molecular flexibility index (Phi) is 4.05. The van der Waals surface area contributed by atoms with Gasteiger partial charge >= 0.3 is 5.97 Å². The van der Waals surface area contributed by atoms with Crippen LogP contribution in [0.5, 0.6) is 0 Å². The normalized spacial score (nSPS) is 11.8. The van der Waals surface area contributed by atoms with Crippen LogP contribution in [0.2, 0.25) is 0 Å². The van der Waals surface area contributed by atoms with Crippen LogP contribution in [0.25, 0.3) is 0 Å². The van der Waals surface area contributed by atoms with E-state index in [4.69, 9.17) is 11.9 Å². The number of halogens is 1. The summed E-state index contributed by atoms with van der Waals surface area (Å²) in [5.41, 5.74) is 0.449. The summed E-state index contributed by atoms with van der Waals surface area (Å²) in [6.45, 7) is 0. The predicted molar refractivity (Wildman–Crippen MR) is 52.7 cm³/mol. The average Bonchev–Trinajstić information content (AvgIpc) is 2.26. The van der Waals surface area contributed by atoms with Gasteiger partial charge in [0, 0.05) is 10.5 Å². The lowest BCUT2D eigenvalue weighted by Crippen LogP contribution is -2.15. The molecule has 0 aromatic heterocycles. The summed E-state index contributed by atoms with van der Waals surface area (Å²) >= 11 is 4.82. The van der Waals surface area contributed by atoms with Gasteiger partial charge in [0.2, 0.25) is 6.04 Å². The van der Waals surface area contributed by atoms with Gasteiger partial charge in [-0.1, -0.05) is 30.3 Å². The largest absolute Gasteiger partial charge is 0.347 e. The summed E-state index contributed by atoms with van der Waals surface area (Å²) in [5.74, 6) is -0.817. The smallest absolute Gasteiger partial charge is 0.332 e. The molecular formula is C9H8ClNO4. The van der Waals surface area contributed by atoms with Gasteiger partial charge in [0.15, 0.2) is 0 Å². The number of hydrogen-bond acceptors (Lipinski definition) is 4. The molecule has 0 aliphatic rings. The van der Waals surface area contributed by atoms with Gasteiger partial charge < -0.3 is 4.29 Å². The zero-order valence-corrected chi connectivity index (χ0v) is 8.39. The lowest BCUT2D eigenvalue weighted by molar-refractivity contribution is -0.528. The minimum absolute atomic E-state index is 0.374. The van der Waals surface area contributed by atoms with Crippen molar-refractivity contribution in [2.75, 3.05) is 0 Å². The van der Waals surface area contributed by atoms with Gasteiger partial charge in [-0.2, -0.15) is 0 Å². The first-order valence-corrected chi connectivity index (χ1v) is 4.46. The molecule has 0 aliphatic carbocycles. The molecule has 0 heterocycles. The minimum atomic E-state index is -1.11. The monoisotopic (exact) mass is 229 g/mol. The Hall–Kier alpha value is -1.62. The number of carbonyl (C=O) groups excluding carboxylic acids is 1. The Morgan fingerprint density at radius 2 is 2.07 bits per heavy atom. The Labute approximate surface area is 90.9 Å². The standard InChI is InChI=1S/C9H8ClNO4/c10-15-9(12)6-8(11(13)14)7-4-2-1-3-5-7/h1-5,8H,6H2. The highest BCUT2D eigenvalue weighted by Crippen LogP contribution is 2.20. The molecule has 1 unspecified atom stereocenters. The van der Waals surface area contributed by atoms with Gasteiger partial charge in [-0.05, 0) is 0 Å². The number of nitrogens with zero attached hydrogens (tertiary/aromatic N) is 1. The molecule has 0 spiro atoms. The van der Waals surface area contributed by atoms with Gasteiger partial charge in [-0.25, -0.2) is 0 Å². The van der Waals surface area contributed by atoms with Crippen LogP contribution in [-0.4, -0.2) is 10.9 Å². The zero-order chi connectivity index (χ0) is 11.3. The van der Waals surface area contributed by atoms with E-state index in [-0.39, 0.29) is 6.42 Å². The van der Waals surface area contributed by atoms with Gasteiger partial charge in [-0.15, -0.1) is 0 Å². The van der Waals surface area contributed by atoms with E-state index < -0.39 is 16.9 Å². The molecule has 0 saturated heterocycles. The van der Waals surface area contributed by atoms with E-state index in [0.29, 0.717) is 5.56 Å². The van der Waals surface area contributed by atoms with E-state index in [1.165, 1.54) is 0 Å². The van der Waals surface area contributed by atoms with E-state index in [1.807, 2.05) is 0 Å². The van der Waals surface area contributed by atoms with Crippen molar-refractivity contribution in [1.29, 1.82) is 0 Å². The second-order valence-electron chi connectivity index (χ2n) is 2.87. The molecule has 0 radical (unpaired) electrons. The van der Waals surface area contributed by atoms with Crippen molar-refractivity contribution >= 4 is 17.8 Å². The van der Waals surface area contributed by atoms with Crippen LogP contribution in [0.4, 0.5) is 0 Å². The molecule has 1 atom stereocenters. The van der Waals surface area contributed by atoms with Crippen molar-refractivity contribution in [2.45, 2.75) is 12.5 Å². The fourth-order valence-electron chi connectivity index (χ4n) is 1.18. The highest BCUT2D eigenvalue weighted by molar-refractivity contribution is 6.13. The number of benzene rings is 1. The molecule has 0 amide bonds. The molecule has 80 valence electrons. The number of carbonyl (C=O) groups is 1. The van der Waals surface area contributed by atoms with Crippen LogP contribution in [0.1, 0.15) is 18.0 Å². The third kappa shape index (κ3) is 3.21. The third-order valence-electron chi connectivity index (χ3n) is 1.88. The van der Waals surface area contributed by atoms with Crippen molar-refractivity contribution in [3.8, 4) is 0 Å². The van der Waals surface area contributed by atoms with Crippen molar-refractivity contribution in [2.24, 2.45) is 0 Å². The Bertz CT molecular complexity index is 354. The summed E-state index contributed by atoms with van der Waals surface area (Å²) in [7, 11) is 0. The molecule has 6 heteroatoms. The van der Waals surface area contributed by atoms with Crippen LogP contribution in [0.3, 0.4) is 0 Å². The fourth-order valence-corrected chi connectivity index (χ4v) is 1.24. The maximum Gasteiger partial charge on any atom is 0.332 e. The van der Waals surface area contributed by atoms with Crippen LogP contribution < -0.4 is 0 Å². The Morgan fingerprint density at radius 3 is 2.53 bits per heavy atom. The molecule has 15 heavy (non-hydrogen) atoms. The zero-order valence-electron chi connectivity index (χ0n) is 7.63. The topological polar surface area (TPSA) is 69.4 Å². The molecular weight excluding hydrogens is 222 g/mol. The SMILES string of the molecule is O=C(CC(c1ccccc1)[N+](=O)[O-])OCl. The van der Waals surface area contributed by atoms with E-state index in [9.17, 15) is 14.9 Å². The molecule has 0 fully saturated rings. The number of nitro groups is 1. The summed E-state index contributed by atoms with van der Waals surface area (Å²) in [6.07, 6.45) is -0.374. The highest BCUT2D eigenvalue weighted by atomic mass is 35.5.